The van der Waals surface area contributed by atoms with Gasteiger partial charge in [0.1, 0.15) is 5.69 Å². The van der Waals surface area contributed by atoms with Crippen LogP contribution in [0, 0.1) is 24.0 Å². The summed E-state index contributed by atoms with van der Waals surface area (Å²) >= 11 is 0. The fourth-order valence-corrected chi connectivity index (χ4v) is 2.99. The minimum atomic E-state index is -4.78. The van der Waals surface area contributed by atoms with Gasteiger partial charge in [-0.1, -0.05) is 0 Å². The summed E-state index contributed by atoms with van der Waals surface area (Å²) < 4.78 is 44.9. The molecule has 3 rings (SSSR count). The highest BCUT2D eigenvalue weighted by molar-refractivity contribution is 5.96. The maximum atomic E-state index is 12.8. The number of esters is 1. The van der Waals surface area contributed by atoms with Crippen LogP contribution in [-0.2, 0) is 15.7 Å². The van der Waals surface area contributed by atoms with Gasteiger partial charge in [-0.3, -0.25) is 14.9 Å². The normalized spacial score (nSPS) is 11.2. The van der Waals surface area contributed by atoms with E-state index in [0.717, 1.165) is 17.5 Å². The van der Waals surface area contributed by atoms with Gasteiger partial charge in [-0.25, -0.2) is 9.48 Å². The summed E-state index contributed by atoms with van der Waals surface area (Å²) in [7, 11) is 0. The maximum Gasteiger partial charge on any atom is 0.416 e. The smallest absolute Gasteiger partial charge is 0.416 e. The molecule has 0 saturated heterocycles. The first kappa shape index (κ1) is 23.4. The predicted octanol–water partition coefficient (Wildman–Crippen LogP) is 4.21. The number of amides is 1. The lowest BCUT2D eigenvalue weighted by Crippen LogP contribution is -2.21. The summed E-state index contributed by atoms with van der Waals surface area (Å²) in [6.07, 6.45) is -4.78. The van der Waals surface area contributed by atoms with Gasteiger partial charge in [0.25, 0.3) is 11.6 Å². The van der Waals surface area contributed by atoms with Crippen LogP contribution in [0.3, 0.4) is 0 Å². The Bertz CT molecular complexity index is 1220. The molecule has 0 atom stereocenters. The number of alkyl halides is 3. The van der Waals surface area contributed by atoms with Gasteiger partial charge in [-0.05, 0) is 56.3 Å². The zero-order valence-electron chi connectivity index (χ0n) is 17.3. The van der Waals surface area contributed by atoms with Crippen LogP contribution in [-0.4, -0.2) is 33.2 Å². The number of carbonyl (C=O) groups is 2. The highest BCUT2D eigenvalue weighted by Gasteiger charge is 2.33. The fraction of sp³-hybridized carbons (Fsp3) is 0.190. The molecule has 0 aliphatic carbocycles. The number of aromatic nitrogens is 2. The molecule has 172 valence electrons. The van der Waals surface area contributed by atoms with Gasteiger partial charge >= 0.3 is 12.1 Å². The van der Waals surface area contributed by atoms with Crippen molar-refractivity contribution in [3.63, 3.8) is 0 Å². The van der Waals surface area contributed by atoms with Crippen LogP contribution in [0.2, 0.25) is 0 Å². The number of carbonyl (C=O) groups excluding carboxylic acids is 2. The minimum Gasteiger partial charge on any atom is -0.452 e. The van der Waals surface area contributed by atoms with Crippen LogP contribution in [0.25, 0.3) is 5.69 Å². The number of benzene rings is 2. The largest absolute Gasteiger partial charge is 0.452 e. The summed E-state index contributed by atoms with van der Waals surface area (Å²) in [5, 5.41) is 17.5. The highest BCUT2D eigenvalue weighted by atomic mass is 19.4. The molecule has 0 aliphatic heterocycles. The second-order valence-corrected chi connectivity index (χ2v) is 7.00. The fourth-order valence-electron chi connectivity index (χ4n) is 2.99. The summed E-state index contributed by atoms with van der Waals surface area (Å²) in [6, 6.07) is 9.80. The second-order valence-electron chi connectivity index (χ2n) is 7.00. The molecule has 1 amide bonds. The van der Waals surface area contributed by atoms with Gasteiger partial charge in [0.2, 0.25) is 0 Å². The zero-order valence-corrected chi connectivity index (χ0v) is 17.3. The molecule has 2 aromatic carbocycles. The van der Waals surface area contributed by atoms with Crippen molar-refractivity contribution in [3.8, 4) is 5.69 Å². The maximum absolute atomic E-state index is 12.8. The molecule has 0 aliphatic rings. The summed E-state index contributed by atoms with van der Waals surface area (Å²) in [5.41, 5.74) is -0.0414. The van der Waals surface area contributed by atoms with Crippen LogP contribution in [0.4, 0.5) is 24.5 Å². The molecule has 33 heavy (non-hydrogen) atoms. The molecule has 1 aromatic heterocycles. The number of aryl methyl sites for hydroxylation is 2. The van der Waals surface area contributed by atoms with E-state index in [2.05, 4.69) is 10.4 Å². The van der Waals surface area contributed by atoms with Crippen molar-refractivity contribution in [2.45, 2.75) is 20.0 Å². The summed E-state index contributed by atoms with van der Waals surface area (Å²) in [6.45, 7) is 2.93. The number of ether oxygens (including phenoxy) is 1. The highest BCUT2D eigenvalue weighted by Crippen LogP contribution is 2.34. The van der Waals surface area contributed by atoms with E-state index in [1.54, 1.807) is 16.8 Å². The number of rotatable bonds is 6. The lowest BCUT2D eigenvalue weighted by atomic mass is 10.1. The van der Waals surface area contributed by atoms with Crippen molar-refractivity contribution in [2.75, 3.05) is 11.9 Å². The minimum absolute atomic E-state index is 0.147. The van der Waals surface area contributed by atoms with E-state index in [4.69, 9.17) is 4.74 Å². The Labute approximate surface area is 184 Å². The van der Waals surface area contributed by atoms with Crippen LogP contribution in [0.1, 0.15) is 27.3 Å². The lowest BCUT2D eigenvalue weighted by Gasteiger charge is -2.10. The molecular formula is C21H17F3N4O5. The van der Waals surface area contributed by atoms with Crippen LogP contribution < -0.4 is 5.32 Å². The lowest BCUT2D eigenvalue weighted by molar-refractivity contribution is -0.384. The molecule has 9 nitrogen and oxygen atoms in total. The molecule has 12 heteroatoms. The molecule has 3 aromatic rings. The van der Waals surface area contributed by atoms with Crippen LogP contribution in [0.5, 0.6) is 0 Å². The zero-order chi connectivity index (χ0) is 24.3. The van der Waals surface area contributed by atoms with E-state index < -0.39 is 46.5 Å². The number of nitrogens with one attached hydrogen (secondary N) is 1. The molecule has 0 radical (unpaired) electrons. The van der Waals surface area contributed by atoms with E-state index in [1.165, 1.54) is 12.1 Å². The van der Waals surface area contributed by atoms with Crippen LogP contribution in [0.15, 0.2) is 48.5 Å². The Morgan fingerprint density at radius 1 is 1.12 bits per heavy atom. The first-order chi connectivity index (χ1) is 15.5. The molecule has 1 heterocycles. The Hall–Kier alpha value is -4.22. The van der Waals surface area contributed by atoms with Crippen molar-refractivity contribution < 1.29 is 32.4 Å². The third kappa shape index (κ3) is 5.53. The summed E-state index contributed by atoms with van der Waals surface area (Å²) in [5.74, 6) is -1.78. The number of nitrogens with zero attached hydrogens (tertiary/aromatic N) is 3. The second kappa shape index (κ2) is 9.10. The third-order valence-corrected chi connectivity index (χ3v) is 4.49. The average molecular weight is 462 g/mol. The van der Waals surface area contributed by atoms with Crippen molar-refractivity contribution in [3.05, 3.63) is 81.2 Å². The van der Waals surface area contributed by atoms with Gasteiger partial charge in [0, 0.05) is 11.8 Å². The van der Waals surface area contributed by atoms with Crippen molar-refractivity contribution in [2.24, 2.45) is 0 Å². The predicted molar refractivity (Wildman–Crippen MR) is 110 cm³/mol. The Morgan fingerprint density at radius 2 is 1.79 bits per heavy atom. The molecule has 0 bridgehead atoms. The first-order valence-electron chi connectivity index (χ1n) is 9.42. The van der Waals surface area contributed by atoms with E-state index in [1.807, 2.05) is 19.9 Å². The molecular weight excluding hydrogens is 445 g/mol. The SMILES string of the molecule is Cc1cc(C)n(-c2ccc(C(=O)OCC(=O)Nc3ccc(C(F)(F)F)cc3[N+](=O)[O-])cc2)n1. The van der Waals surface area contributed by atoms with E-state index in [9.17, 15) is 32.9 Å². The van der Waals surface area contributed by atoms with E-state index in [-0.39, 0.29) is 5.56 Å². The van der Waals surface area contributed by atoms with E-state index in [0.29, 0.717) is 17.8 Å². The average Bonchev–Trinajstić information content (AvgIpc) is 3.09. The van der Waals surface area contributed by atoms with Gasteiger partial charge in [0.05, 0.1) is 27.4 Å². The van der Waals surface area contributed by atoms with Gasteiger partial charge in [-0.2, -0.15) is 18.3 Å². The molecule has 0 spiro atoms. The monoisotopic (exact) mass is 462 g/mol. The molecule has 0 fully saturated rings. The number of halogens is 3. The van der Waals surface area contributed by atoms with Crippen LogP contribution >= 0.6 is 0 Å². The topological polar surface area (TPSA) is 116 Å². The Balaban J connectivity index is 1.63. The van der Waals surface area contributed by atoms with Gasteiger partial charge < -0.3 is 10.1 Å². The molecule has 0 saturated carbocycles. The first-order valence-corrected chi connectivity index (χ1v) is 9.42. The summed E-state index contributed by atoms with van der Waals surface area (Å²) in [4.78, 5) is 34.3. The quantitative estimate of drug-likeness (QED) is 0.333. The standard InChI is InChI=1S/C21H17F3N4O5/c1-12-9-13(2)27(26-12)16-6-3-14(4-7-16)20(30)33-11-19(29)25-17-8-5-15(21(22,23)24)10-18(17)28(31)32/h3-10H,11H2,1-2H3,(H,25,29). The van der Waals surface area contributed by atoms with E-state index >= 15 is 0 Å². The number of nitro benzene ring substituents is 1. The van der Waals surface area contributed by atoms with Gasteiger partial charge in [-0.15, -0.1) is 0 Å². The number of nitro groups is 1. The van der Waals surface area contributed by atoms with Crippen molar-refractivity contribution in [1.82, 2.24) is 9.78 Å². The van der Waals surface area contributed by atoms with Gasteiger partial charge in [0.15, 0.2) is 6.61 Å². The molecule has 0 unspecified atom stereocenters. The Kier molecular flexibility index (Phi) is 6.47. The van der Waals surface area contributed by atoms with Crippen molar-refractivity contribution >= 4 is 23.3 Å². The Morgan fingerprint density at radius 3 is 2.33 bits per heavy atom. The number of hydrogen-bond acceptors (Lipinski definition) is 6. The molecule has 1 N–H and O–H groups in total. The third-order valence-electron chi connectivity index (χ3n) is 4.49. The van der Waals surface area contributed by atoms with Crippen molar-refractivity contribution in [1.29, 1.82) is 0 Å². The number of hydrogen-bond donors (Lipinski definition) is 1. The number of anilines is 1.